The highest BCUT2D eigenvalue weighted by Gasteiger charge is 2.24. The third-order valence-corrected chi connectivity index (χ3v) is 4.41. The Bertz CT molecular complexity index is 935. The van der Waals surface area contributed by atoms with Crippen LogP contribution in [0.25, 0.3) is 11.0 Å². The zero-order valence-corrected chi connectivity index (χ0v) is 14.3. The van der Waals surface area contributed by atoms with Crippen LogP contribution in [0.2, 0.25) is 0 Å². The van der Waals surface area contributed by atoms with Gasteiger partial charge in [-0.25, -0.2) is 9.37 Å². The Morgan fingerprint density at radius 3 is 2.92 bits per heavy atom. The van der Waals surface area contributed by atoms with Crippen LogP contribution >= 0.6 is 15.9 Å². The van der Waals surface area contributed by atoms with E-state index in [-0.39, 0.29) is 18.3 Å². The number of carbonyl (C=O) groups is 1. The minimum Gasteiger partial charge on any atom is -0.349 e. The molecular weight excluding hydrogens is 375 g/mol. The lowest BCUT2D eigenvalue weighted by Gasteiger charge is -2.07. The zero-order valence-electron chi connectivity index (χ0n) is 12.7. The highest BCUT2D eigenvalue weighted by Crippen LogP contribution is 2.21. The number of carbonyl (C=O) groups excluding carboxylic acids is 1. The van der Waals surface area contributed by atoms with E-state index >= 15 is 0 Å². The van der Waals surface area contributed by atoms with Gasteiger partial charge in [0.05, 0.1) is 17.8 Å². The van der Waals surface area contributed by atoms with Crippen LogP contribution in [-0.2, 0) is 6.54 Å². The summed E-state index contributed by atoms with van der Waals surface area (Å²) in [7, 11) is 0. The molecule has 3 aromatic rings. The Morgan fingerprint density at radius 1 is 1.33 bits per heavy atom. The van der Waals surface area contributed by atoms with E-state index in [0.717, 1.165) is 18.2 Å². The summed E-state index contributed by atoms with van der Waals surface area (Å²) in [5.74, 6) is -0.466. The minimum atomic E-state index is -0.369. The van der Waals surface area contributed by atoms with Crippen molar-refractivity contribution in [3.8, 4) is 0 Å². The molecule has 1 saturated carbocycles. The molecule has 24 heavy (non-hydrogen) atoms. The first-order valence-electron chi connectivity index (χ1n) is 7.66. The summed E-state index contributed by atoms with van der Waals surface area (Å²) in [6.45, 7) is 0.281. The van der Waals surface area contributed by atoms with Gasteiger partial charge in [0.2, 0.25) is 0 Å². The highest BCUT2D eigenvalue weighted by atomic mass is 79.9. The Labute approximate surface area is 146 Å². The van der Waals surface area contributed by atoms with Gasteiger partial charge in [-0.1, -0.05) is 0 Å². The first kappa shape index (κ1) is 15.3. The lowest BCUT2D eigenvalue weighted by atomic mass is 10.2. The van der Waals surface area contributed by atoms with Crippen molar-refractivity contribution in [1.82, 2.24) is 19.9 Å². The van der Waals surface area contributed by atoms with Crippen LogP contribution in [0.5, 0.6) is 0 Å². The fourth-order valence-corrected chi connectivity index (χ4v) is 2.85. The van der Waals surface area contributed by atoms with Gasteiger partial charge >= 0.3 is 0 Å². The van der Waals surface area contributed by atoms with E-state index in [2.05, 4.69) is 31.2 Å². The van der Waals surface area contributed by atoms with Crippen molar-refractivity contribution < 1.29 is 9.18 Å². The second-order valence-corrected chi connectivity index (χ2v) is 6.83. The molecule has 0 spiro atoms. The number of amides is 1. The number of hydrogen-bond donors (Lipinski definition) is 1. The molecule has 1 amide bonds. The minimum absolute atomic E-state index is 0.0970. The Balaban J connectivity index is 1.61. The molecule has 0 saturated heterocycles. The lowest BCUT2D eigenvalue weighted by Crippen LogP contribution is -2.25. The summed E-state index contributed by atoms with van der Waals surface area (Å²) >= 11 is 3.20. The monoisotopic (exact) mass is 388 g/mol. The van der Waals surface area contributed by atoms with E-state index in [1.807, 2.05) is 22.9 Å². The largest absolute Gasteiger partial charge is 0.349 e. The molecule has 122 valence electrons. The van der Waals surface area contributed by atoms with Crippen LogP contribution in [0, 0.1) is 5.82 Å². The van der Waals surface area contributed by atoms with Crippen molar-refractivity contribution in [2.24, 2.45) is 0 Å². The van der Waals surface area contributed by atoms with E-state index in [4.69, 9.17) is 0 Å². The van der Waals surface area contributed by atoms with Crippen molar-refractivity contribution in [2.45, 2.75) is 25.4 Å². The zero-order chi connectivity index (χ0) is 16.7. The molecule has 0 aliphatic heterocycles. The number of nitrogens with one attached hydrogen (secondary N) is 1. The van der Waals surface area contributed by atoms with Crippen LogP contribution in [-0.4, -0.2) is 26.5 Å². The summed E-state index contributed by atoms with van der Waals surface area (Å²) in [4.78, 5) is 20.6. The smallest absolute Gasteiger partial charge is 0.253 e. The molecular formula is C17H14BrFN4O. The fourth-order valence-electron chi connectivity index (χ4n) is 2.55. The lowest BCUT2D eigenvalue weighted by molar-refractivity contribution is 0.0951. The third kappa shape index (κ3) is 3.03. The SMILES string of the molecule is O=C(NC1CC1)c1cnc2c(ccn2Cc2ncc(Br)cc2F)c1. The van der Waals surface area contributed by atoms with Gasteiger partial charge < -0.3 is 9.88 Å². The maximum absolute atomic E-state index is 14.0. The fraction of sp³-hybridized carbons (Fsp3) is 0.235. The predicted octanol–water partition coefficient (Wildman–Crippen LogP) is 3.27. The summed E-state index contributed by atoms with van der Waals surface area (Å²) in [5.41, 5.74) is 1.58. The molecule has 5 nitrogen and oxygen atoms in total. The normalized spacial score (nSPS) is 14.1. The number of fused-ring (bicyclic) bond motifs is 1. The number of rotatable bonds is 4. The van der Waals surface area contributed by atoms with Gasteiger partial charge in [0.25, 0.3) is 5.91 Å². The summed E-state index contributed by atoms with van der Waals surface area (Å²) in [5, 5.41) is 3.79. The van der Waals surface area contributed by atoms with Crippen molar-refractivity contribution in [2.75, 3.05) is 0 Å². The van der Waals surface area contributed by atoms with Crippen LogP contribution in [0.15, 0.2) is 41.3 Å². The average Bonchev–Trinajstić information content (AvgIpc) is 3.29. The molecule has 7 heteroatoms. The van der Waals surface area contributed by atoms with Gasteiger partial charge in [0, 0.05) is 34.5 Å². The number of aromatic nitrogens is 3. The molecule has 0 aromatic carbocycles. The van der Waals surface area contributed by atoms with Gasteiger partial charge in [0.1, 0.15) is 11.5 Å². The molecule has 1 N–H and O–H groups in total. The van der Waals surface area contributed by atoms with Crippen LogP contribution in [0.4, 0.5) is 4.39 Å². The van der Waals surface area contributed by atoms with E-state index < -0.39 is 0 Å². The van der Waals surface area contributed by atoms with E-state index in [9.17, 15) is 9.18 Å². The van der Waals surface area contributed by atoms with Gasteiger partial charge in [0.15, 0.2) is 0 Å². The molecule has 0 unspecified atom stereocenters. The molecule has 3 heterocycles. The van der Waals surface area contributed by atoms with Crippen molar-refractivity contribution in [3.05, 3.63) is 58.3 Å². The van der Waals surface area contributed by atoms with Gasteiger partial charge in [-0.2, -0.15) is 0 Å². The highest BCUT2D eigenvalue weighted by molar-refractivity contribution is 9.10. The summed E-state index contributed by atoms with van der Waals surface area (Å²) < 4.78 is 16.4. The second kappa shape index (κ2) is 5.98. The molecule has 1 fully saturated rings. The average molecular weight is 389 g/mol. The first-order chi connectivity index (χ1) is 11.6. The van der Waals surface area contributed by atoms with E-state index in [1.165, 1.54) is 6.07 Å². The topological polar surface area (TPSA) is 59.8 Å². The molecule has 0 atom stereocenters. The molecule has 0 bridgehead atoms. The van der Waals surface area contributed by atoms with Gasteiger partial charge in [-0.15, -0.1) is 0 Å². The van der Waals surface area contributed by atoms with Gasteiger partial charge in [-0.3, -0.25) is 9.78 Å². The standard InChI is InChI=1S/C17H14BrFN4O/c18-12-6-14(19)15(20-8-12)9-23-4-3-10-5-11(7-21-16(10)23)17(24)22-13-1-2-13/h3-8,13H,1-2,9H2,(H,22,24). The maximum Gasteiger partial charge on any atom is 0.253 e. The van der Waals surface area contributed by atoms with Crippen LogP contribution < -0.4 is 5.32 Å². The third-order valence-electron chi connectivity index (χ3n) is 3.98. The quantitative estimate of drug-likeness (QED) is 0.745. The molecule has 3 aromatic heterocycles. The maximum atomic E-state index is 14.0. The van der Waals surface area contributed by atoms with Crippen LogP contribution in [0.3, 0.4) is 0 Å². The van der Waals surface area contributed by atoms with Gasteiger partial charge in [-0.05, 0) is 47.0 Å². The number of halogens is 2. The van der Waals surface area contributed by atoms with Crippen molar-refractivity contribution >= 4 is 32.9 Å². The van der Waals surface area contributed by atoms with E-state index in [0.29, 0.717) is 27.4 Å². The summed E-state index contributed by atoms with van der Waals surface area (Å²) in [6, 6.07) is 5.38. The summed E-state index contributed by atoms with van der Waals surface area (Å²) in [6.07, 6.45) is 7.04. The Kier molecular flexibility index (Phi) is 3.80. The Hall–Kier alpha value is -2.28. The first-order valence-corrected chi connectivity index (χ1v) is 8.45. The Morgan fingerprint density at radius 2 is 2.17 bits per heavy atom. The van der Waals surface area contributed by atoms with Crippen molar-refractivity contribution in [1.29, 1.82) is 0 Å². The number of nitrogens with zero attached hydrogens (tertiary/aromatic N) is 3. The number of hydrogen-bond acceptors (Lipinski definition) is 3. The predicted molar refractivity (Wildman–Crippen MR) is 91.2 cm³/mol. The second-order valence-electron chi connectivity index (χ2n) is 5.91. The number of pyridine rings is 2. The molecule has 1 aliphatic carbocycles. The van der Waals surface area contributed by atoms with Crippen molar-refractivity contribution in [3.63, 3.8) is 0 Å². The van der Waals surface area contributed by atoms with E-state index in [1.54, 1.807) is 12.4 Å². The van der Waals surface area contributed by atoms with Crippen LogP contribution in [0.1, 0.15) is 28.9 Å². The molecule has 4 rings (SSSR count). The molecule has 1 aliphatic rings. The molecule has 0 radical (unpaired) electrons.